The lowest BCUT2D eigenvalue weighted by molar-refractivity contribution is -0.140. The number of esters is 1. The Morgan fingerprint density at radius 3 is 1.65 bits per heavy atom. The van der Waals surface area contributed by atoms with Crippen LogP contribution in [0.3, 0.4) is 0 Å². The van der Waals surface area contributed by atoms with Gasteiger partial charge in [0.05, 0.1) is 7.11 Å². The molecule has 0 amide bonds. The van der Waals surface area contributed by atoms with Crippen LogP contribution in [-0.2, 0) is 14.3 Å². The first-order valence-electron chi connectivity index (χ1n) is 6.42. The van der Waals surface area contributed by atoms with Crippen molar-refractivity contribution in [1.29, 1.82) is 0 Å². The van der Waals surface area contributed by atoms with Gasteiger partial charge in [-0.05, 0) is 24.4 Å². The maximum absolute atomic E-state index is 10.8. The predicted molar refractivity (Wildman–Crippen MR) is 69.0 cm³/mol. The summed E-state index contributed by atoms with van der Waals surface area (Å²) >= 11 is 5.24. The topological polar surface area (TPSA) is 43.4 Å². The summed E-state index contributed by atoms with van der Waals surface area (Å²) in [6.07, 6.45) is 9.79. The molecule has 0 bridgehead atoms. The van der Waals surface area contributed by atoms with E-state index in [0.717, 1.165) is 25.7 Å². The highest BCUT2D eigenvalue weighted by molar-refractivity contribution is 6.63. The van der Waals surface area contributed by atoms with Gasteiger partial charge in [0.2, 0.25) is 5.24 Å². The van der Waals surface area contributed by atoms with E-state index in [1.54, 1.807) is 0 Å². The van der Waals surface area contributed by atoms with E-state index in [1.807, 2.05) is 0 Å². The Bertz CT molecular complexity index is 217. The Hall–Kier alpha value is -0.570. The van der Waals surface area contributed by atoms with Gasteiger partial charge in [0, 0.05) is 12.8 Å². The highest BCUT2D eigenvalue weighted by atomic mass is 35.5. The predicted octanol–water partition coefficient (Wildman–Crippen LogP) is 3.83. The highest BCUT2D eigenvalue weighted by Gasteiger charge is 1.99. The molecule has 0 N–H and O–H groups in total. The molecule has 0 rings (SSSR count). The van der Waals surface area contributed by atoms with Gasteiger partial charge in [-0.1, -0.05) is 38.5 Å². The average Bonchev–Trinajstić information content (AvgIpc) is 2.30. The molecule has 0 aliphatic heterocycles. The summed E-state index contributed by atoms with van der Waals surface area (Å²) in [7, 11) is 1.42. The van der Waals surface area contributed by atoms with Gasteiger partial charge in [0.15, 0.2) is 0 Å². The molecule has 3 nitrogen and oxygen atoms in total. The van der Waals surface area contributed by atoms with E-state index >= 15 is 0 Å². The third kappa shape index (κ3) is 13.4. The Morgan fingerprint density at radius 1 is 0.824 bits per heavy atom. The van der Waals surface area contributed by atoms with Gasteiger partial charge in [-0.2, -0.15) is 0 Å². The Labute approximate surface area is 109 Å². The van der Waals surface area contributed by atoms with Crippen molar-refractivity contribution in [3.05, 3.63) is 0 Å². The van der Waals surface area contributed by atoms with Crippen molar-refractivity contribution in [3.63, 3.8) is 0 Å². The van der Waals surface area contributed by atoms with Crippen molar-refractivity contribution in [2.24, 2.45) is 0 Å². The van der Waals surface area contributed by atoms with E-state index in [1.165, 1.54) is 32.8 Å². The number of carbonyl (C=O) groups is 2. The van der Waals surface area contributed by atoms with Crippen LogP contribution in [0.25, 0.3) is 0 Å². The Balaban J connectivity index is 3.03. The van der Waals surface area contributed by atoms with Crippen molar-refractivity contribution >= 4 is 22.8 Å². The third-order valence-corrected chi connectivity index (χ3v) is 2.92. The van der Waals surface area contributed by atoms with Crippen molar-refractivity contribution in [2.75, 3.05) is 7.11 Å². The number of rotatable bonds is 11. The molecule has 0 saturated heterocycles. The highest BCUT2D eigenvalue weighted by Crippen LogP contribution is 2.11. The standard InChI is InChI=1S/C13H23ClO3/c1-17-13(16)11-9-7-5-3-2-4-6-8-10-12(14)15/h2-11H2,1H3. The van der Waals surface area contributed by atoms with Crippen LogP contribution in [0.1, 0.15) is 64.2 Å². The molecule has 0 spiro atoms. The van der Waals surface area contributed by atoms with E-state index in [4.69, 9.17) is 11.6 Å². The zero-order chi connectivity index (χ0) is 12.9. The van der Waals surface area contributed by atoms with Crippen molar-refractivity contribution in [1.82, 2.24) is 0 Å². The molecule has 0 unspecified atom stereocenters. The maximum atomic E-state index is 10.8. The fraction of sp³-hybridized carbons (Fsp3) is 0.846. The summed E-state index contributed by atoms with van der Waals surface area (Å²) in [5, 5.41) is -0.229. The van der Waals surface area contributed by atoms with E-state index in [-0.39, 0.29) is 11.2 Å². The maximum Gasteiger partial charge on any atom is 0.305 e. The second-order valence-corrected chi connectivity index (χ2v) is 4.68. The van der Waals surface area contributed by atoms with Crippen LogP contribution in [0, 0.1) is 0 Å². The average molecular weight is 263 g/mol. The van der Waals surface area contributed by atoms with Gasteiger partial charge >= 0.3 is 5.97 Å². The SMILES string of the molecule is COC(=O)CCCCCCCCCCC(=O)Cl. The van der Waals surface area contributed by atoms with Crippen molar-refractivity contribution in [2.45, 2.75) is 64.2 Å². The summed E-state index contributed by atoms with van der Waals surface area (Å²) in [5.41, 5.74) is 0. The minimum absolute atomic E-state index is 0.115. The van der Waals surface area contributed by atoms with Gasteiger partial charge in [-0.15, -0.1) is 0 Å². The minimum Gasteiger partial charge on any atom is -0.469 e. The second kappa shape index (κ2) is 11.9. The van der Waals surface area contributed by atoms with Crippen LogP contribution >= 0.6 is 11.6 Å². The van der Waals surface area contributed by atoms with E-state index in [2.05, 4.69) is 4.74 Å². The molecule has 0 heterocycles. The molecule has 0 radical (unpaired) electrons. The largest absolute Gasteiger partial charge is 0.469 e. The van der Waals surface area contributed by atoms with Crippen LogP contribution in [0.2, 0.25) is 0 Å². The number of ether oxygens (including phenoxy) is 1. The quantitative estimate of drug-likeness (QED) is 0.323. The molecule has 0 aromatic rings. The van der Waals surface area contributed by atoms with E-state index < -0.39 is 0 Å². The van der Waals surface area contributed by atoms with E-state index in [9.17, 15) is 9.59 Å². The second-order valence-electron chi connectivity index (χ2n) is 4.26. The molecule has 0 atom stereocenters. The zero-order valence-electron chi connectivity index (χ0n) is 10.7. The summed E-state index contributed by atoms with van der Waals surface area (Å²) in [5.74, 6) is -0.115. The van der Waals surface area contributed by atoms with Gasteiger partial charge in [-0.3, -0.25) is 9.59 Å². The van der Waals surface area contributed by atoms with Gasteiger partial charge in [-0.25, -0.2) is 0 Å². The lowest BCUT2D eigenvalue weighted by Crippen LogP contribution is -1.99. The van der Waals surface area contributed by atoms with Crippen LogP contribution < -0.4 is 0 Å². The first kappa shape index (κ1) is 16.4. The summed E-state index contributed by atoms with van der Waals surface area (Å²) in [6.45, 7) is 0. The first-order chi connectivity index (χ1) is 8.16. The number of methoxy groups -OCH3 is 1. The van der Waals surface area contributed by atoms with Crippen LogP contribution in [0.5, 0.6) is 0 Å². The van der Waals surface area contributed by atoms with Crippen molar-refractivity contribution < 1.29 is 14.3 Å². The zero-order valence-corrected chi connectivity index (χ0v) is 11.4. The molecule has 0 fully saturated rings. The van der Waals surface area contributed by atoms with Gasteiger partial charge in [0.1, 0.15) is 0 Å². The van der Waals surface area contributed by atoms with Gasteiger partial charge in [0.25, 0.3) is 0 Å². The first-order valence-corrected chi connectivity index (χ1v) is 6.79. The molecular formula is C13H23ClO3. The Morgan fingerprint density at radius 2 is 1.24 bits per heavy atom. The number of carbonyl (C=O) groups excluding carboxylic acids is 2. The Kier molecular flexibility index (Phi) is 11.5. The molecule has 0 saturated carbocycles. The fourth-order valence-electron chi connectivity index (χ4n) is 1.70. The molecule has 0 aromatic heterocycles. The summed E-state index contributed by atoms with van der Waals surface area (Å²) in [4.78, 5) is 21.3. The van der Waals surface area contributed by atoms with Crippen molar-refractivity contribution in [3.8, 4) is 0 Å². The smallest absolute Gasteiger partial charge is 0.305 e. The normalized spacial score (nSPS) is 10.2. The van der Waals surface area contributed by atoms with Gasteiger partial charge < -0.3 is 4.74 Å². The van der Waals surface area contributed by atoms with Crippen LogP contribution in [-0.4, -0.2) is 18.3 Å². The number of halogens is 1. The monoisotopic (exact) mass is 262 g/mol. The molecule has 4 heteroatoms. The van der Waals surface area contributed by atoms with E-state index in [0.29, 0.717) is 12.8 Å². The molecule has 0 aliphatic carbocycles. The third-order valence-electron chi connectivity index (χ3n) is 2.73. The number of hydrogen-bond donors (Lipinski definition) is 0. The lowest BCUT2D eigenvalue weighted by Gasteiger charge is -2.01. The molecule has 0 aliphatic rings. The summed E-state index contributed by atoms with van der Waals surface area (Å²) in [6, 6.07) is 0. The summed E-state index contributed by atoms with van der Waals surface area (Å²) < 4.78 is 4.56. The molecular weight excluding hydrogens is 240 g/mol. The molecule has 0 aromatic carbocycles. The molecule has 17 heavy (non-hydrogen) atoms. The molecule has 100 valence electrons. The van der Waals surface area contributed by atoms with Crippen LogP contribution in [0.15, 0.2) is 0 Å². The lowest BCUT2D eigenvalue weighted by atomic mass is 10.1. The number of hydrogen-bond acceptors (Lipinski definition) is 3. The minimum atomic E-state index is -0.229. The van der Waals surface area contributed by atoms with Crippen LogP contribution in [0.4, 0.5) is 0 Å². The number of unbranched alkanes of at least 4 members (excludes halogenated alkanes) is 7. The fourth-order valence-corrected chi connectivity index (χ4v) is 1.83.